The van der Waals surface area contributed by atoms with Gasteiger partial charge < -0.3 is 4.40 Å². The first-order valence-electron chi connectivity index (χ1n) is 6.87. The summed E-state index contributed by atoms with van der Waals surface area (Å²) in [5, 5.41) is 0. The SMILES string of the molecule is Cc1sc(C)c(S(=O)(=O)NC(=O)c2cn3ccccc3n2)c1C. The van der Waals surface area contributed by atoms with Gasteiger partial charge in [0.2, 0.25) is 0 Å². The van der Waals surface area contributed by atoms with Crippen molar-refractivity contribution >= 4 is 32.9 Å². The van der Waals surface area contributed by atoms with Crippen LogP contribution in [0.15, 0.2) is 35.5 Å². The lowest BCUT2D eigenvalue weighted by Crippen LogP contribution is -2.31. The molecular weight excluding hydrogens is 334 g/mol. The molecule has 3 aromatic heterocycles. The standard InChI is InChI=1S/C15H15N3O3S2/c1-9-10(2)22-11(3)14(9)23(20,21)17-15(19)12-8-18-7-5-4-6-13(18)16-12/h4-8H,1-3H3,(H,17,19). The minimum Gasteiger partial charge on any atom is -0.306 e. The zero-order chi connectivity index (χ0) is 16.8. The first kappa shape index (κ1) is 15.7. The Kier molecular flexibility index (Phi) is 3.73. The van der Waals surface area contributed by atoms with Crippen LogP contribution in [0.25, 0.3) is 5.65 Å². The van der Waals surface area contributed by atoms with Gasteiger partial charge in [-0.3, -0.25) is 4.79 Å². The number of aromatic nitrogens is 2. The second kappa shape index (κ2) is 5.47. The van der Waals surface area contributed by atoms with Gasteiger partial charge in [0.05, 0.1) is 0 Å². The zero-order valence-corrected chi connectivity index (χ0v) is 14.5. The summed E-state index contributed by atoms with van der Waals surface area (Å²) in [7, 11) is -3.92. The van der Waals surface area contributed by atoms with Gasteiger partial charge in [-0.05, 0) is 38.5 Å². The summed E-state index contributed by atoms with van der Waals surface area (Å²) in [5.41, 5.74) is 1.30. The molecule has 0 aliphatic heterocycles. The smallest absolute Gasteiger partial charge is 0.285 e. The highest BCUT2D eigenvalue weighted by atomic mass is 32.2. The quantitative estimate of drug-likeness (QED) is 0.787. The molecule has 6 nitrogen and oxygen atoms in total. The second-order valence-corrected chi connectivity index (χ2v) is 8.24. The van der Waals surface area contributed by atoms with E-state index in [1.54, 1.807) is 42.6 Å². The lowest BCUT2D eigenvalue weighted by atomic mass is 10.3. The molecular formula is C15H15N3O3S2. The molecule has 8 heteroatoms. The summed E-state index contributed by atoms with van der Waals surface area (Å²) in [6.07, 6.45) is 3.24. The molecule has 0 spiro atoms. The first-order chi connectivity index (χ1) is 10.8. The number of amides is 1. The number of hydrogen-bond acceptors (Lipinski definition) is 5. The highest BCUT2D eigenvalue weighted by molar-refractivity contribution is 7.90. The fraction of sp³-hybridized carbons (Fsp3) is 0.200. The molecule has 3 aromatic rings. The summed E-state index contributed by atoms with van der Waals surface area (Å²) < 4.78 is 28.8. The average molecular weight is 349 g/mol. The fourth-order valence-electron chi connectivity index (χ4n) is 2.44. The highest BCUT2D eigenvalue weighted by Crippen LogP contribution is 2.30. The number of sulfonamides is 1. The maximum atomic E-state index is 12.5. The minimum absolute atomic E-state index is 0.0574. The van der Waals surface area contributed by atoms with Crippen LogP contribution in [0.4, 0.5) is 0 Å². The van der Waals surface area contributed by atoms with Gasteiger partial charge in [-0.2, -0.15) is 0 Å². The van der Waals surface area contributed by atoms with E-state index in [-0.39, 0.29) is 10.6 Å². The molecule has 0 fully saturated rings. The topological polar surface area (TPSA) is 80.5 Å². The lowest BCUT2D eigenvalue weighted by molar-refractivity contribution is 0.0977. The number of nitrogens with zero attached hydrogens (tertiary/aromatic N) is 2. The van der Waals surface area contributed by atoms with E-state index in [2.05, 4.69) is 9.71 Å². The molecule has 0 aliphatic carbocycles. The summed E-state index contributed by atoms with van der Waals surface area (Å²) in [5.74, 6) is -0.739. The molecule has 0 saturated carbocycles. The van der Waals surface area contributed by atoms with E-state index in [1.165, 1.54) is 17.5 Å². The third kappa shape index (κ3) is 2.75. The normalized spacial score (nSPS) is 11.8. The predicted octanol–water partition coefficient (Wildman–Crippen LogP) is 2.44. The van der Waals surface area contributed by atoms with E-state index in [0.29, 0.717) is 16.1 Å². The van der Waals surface area contributed by atoms with Crippen LogP contribution in [0, 0.1) is 20.8 Å². The molecule has 0 aromatic carbocycles. The number of aryl methyl sites for hydroxylation is 2. The van der Waals surface area contributed by atoms with E-state index >= 15 is 0 Å². The monoisotopic (exact) mass is 349 g/mol. The van der Waals surface area contributed by atoms with Crippen molar-refractivity contribution in [3.05, 3.63) is 51.6 Å². The van der Waals surface area contributed by atoms with Gasteiger partial charge in [0.1, 0.15) is 16.2 Å². The van der Waals surface area contributed by atoms with Crippen molar-refractivity contribution < 1.29 is 13.2 Å². The minimum atomic E-state index is -3.92. The van der Waals surface area contributed by atoms with Crippen LogP contribution < -0.4 is 4.72 Å². The molecule has 0 aliphatic rings. The number of imidazole rings is 1. The molecule has 1 N–H and O–H groups in total. The van der Waals surface area contributed by atoms with Crippen LogP contribution in [0.3, 0.4) is 0 Å². The molecule has 120 valence electrons. The van der Waals surface area contributed by atoms with Crippen molar-refractivity contribution in [1.29, 1.82) is 0 Å². The summed E-state index contributed by atoms with van der Waals surface area (Å²) >= 11 is 1.40. The Bertz CT molecular complexity index is 983. The van der Waals surface area contributed by atoms with E-state index in [0.717, 1.165) is 4.88 Å². The Morgan fingerprint density at radius 3 is 2.57 bits per heavy atom. The van der Waals surface area contributed by atoms with Crippen LogP contribution in [-0.2, 0) is 10.0 Å². The number of thiophene rings is 1. The van der Waals surface area contributed by atoms with E-state index in [1.807, 2.05) is 6.92 Å². The largest absolute Gasteiger partial charge is 0.306 e. The molecule has 0 bridgehead atoms. The van der Waals surface area contributed by atoms with Crippen molar-refractivity contribution in [2.75, 3.05) is 0 Å². The summed E-state index contributed by atoms with van der Waals surface area (Å²) in [6.45, 7) is 5.33. The second-order valence-electron chi connectivity index (χ2n) is 5.20. The maximum absolute atomic E-state index is 12.5. The van der Waals surface area contributed by atoms with Gasteiger partial charge >= 0.3 is 0 Å². The Labute approximate surface area is 137 Å². The Balaban J connectivity index is 1.95. The van der Waals surface area contributed by atoms with E-state index in [4.69, 9.17) is 0 Å². The molecule has 0 saturated heterocycles. The zero-order valence-electron chi connectivity index (χ0n) is 12.8. The van der Waals surface area contributed by atoms with Crippen molar-refractivity contribution in [3.8, 4) is 0 Å². The van der Waals surface area contributed by atoms with Crippen LogP contribution in [0.5, 0.6) is 0 Å². The van der Waals surface area contributed by atoms with Gasteiger partial charge in [0.25, 0.3) is 15.9 Å². The van der Waals surface area contributed by atoms with Crippen LogP contribution >= 0.6 is 11.3 Å². The number of pyridine rings is 1. The number of fused-ring (bicyclic) bond motifs is 1. The summed E-state index contributed by atoms with van der Waals surface area (Å²) in [4.78, 5) is 18.2. The number of nitrogens with one attached hydrogen (secondary N) is 1. The first-order valence-corrected chi connectivity index (χ1v) is 9.17. The summed E-state index contributed by atoms with van der Waals surface area (Å²) in [6, 6.07) is 5.33. The third-order valence-corrected chi connectivity index (χ3v) is 6.44. The van der Waals surface area contributed by atoms with Gasteiger partial charge in [-0.15, -0.1) is 11.3 Å². The van der Waals surface area contributed by atoms with Gasteiger partial charge in [0.15, 0.2) is 0 Å². The van der Waals surface area contributed by atoms with Crippen LogP contribution in [0.1, 0.15) is 25.8 Å². The molecule has 23 heavy (non-hydrogen) atoms. The lowest BCUT2D eigenvalue weighted by Gasteiger charge is -2.06. The van der Waals surface area contributed by atoms with E-state index < -0.39 is 15.9 Å². The third-order valence-electron chi connectivity index (χ3n) is 3.59. The molecule has 1 amide bonds. The van der Waals surface area contributed by atoms with Crippen molar-refractivity contribution in [2.24, 2.45) is 0 Å². The Morgan fingerprint density at radius 1 is 1.22 bits per heavy atom. The number of rotatable bonds is 3. The number of carbonyl (C=O) groups excluding carboxylic acids is 1. The molecule has 0 radical (unpaired) electrons. The van der Waals surface area contributed by atoms with Gasteiger partial charge in [-0.1, -0.05) is 6.07 Å². The maximum Gasteiger partial charge on any atom is 0.285 e. The van der Waals surface area contributed by atoms with Crippen molar-refractivity contribution in [2.45, 2.75) is 25.7 Å². The number of hydrogen-bond donors (Lipinski definition) is 1. The van der Waals surface area contributed by atoms with Crippen LogP contribution in [-0.4, -0.2) is 23.7 Å². The average Bonchev–Trinajstić information content (AvgIpc) is 3.00. The van der Waals surface area contributed by atoms with Crippen molar-refractivity contribution in [1.82, 2.24) is 14.1 Å². The Hall–Kier alpha value is -2.19. The highest BCUT2D eigenvalue weighted by Gasteiger charge is 2.26. The molecule has 0 unspecified atom stereocenters. The Morgan fingerprint density at radius 2 is 1.96 bits per heavy atom. The van der Waals surface area contributed by atoms with Crippen LogP contribution in [0.2, 0.25) is 0 Å². The molecule has 3 heterocycles. The van der Waals surface area contributed by atoms with Gasteiger partial charge in [-0.25, -0.2) is 18.1 Å². The van der Waals surface area contributed by atoms with Crippen molar-refractivity contribution in [3.63, 3.8) is 0 Å². The predicted molar refractivity (Wildman–Crippen MR) is 88.4 cm³/mol. The molecule has 3 rings (SSSR count). The number of carbonyl (C=O) groups is 1. The van der Waals surface area contributed by atoms with E-state index in [9.17, 15) is 13.2 Å². The van der Waals surface area contributed by atoms with Gasteiger partial charge in [0, 0.05) is 22.1 Å². The molecule has 0 atom stereocenters. The fourth-order valence-corrected chi connectivity index (χ4v) is 5.30.